The average molecular weight is 356 g/mol. The van der Waals surface area contributed by atoms with Gasteiger partial charge in [0.2, 0.25) is 5.91 Å². The van der Waals surface area contributed by atoms with Crippen LogP contribution < -0.4 is 0 Å². The Labute approximate surface area is 150 Å². The number of carbonyl (C=O) groups is 1. The van der Waals surface area contributed by atoms with Crippen molar-refractivity contribution in [1.82, 2.24) is 19.7 Å². The molecule has 0 saturated carbocycles. The lowest BCUT2D eigenvalue weighted by Gasteiger charge is -2.20. The third-order valence-electron chi connectivity index (χ3n) is 3.93. The number of aromatic nitrogens is 3. The van der Waals surface area contributed by atoms with E-state index in [1.165, 1.54) is 11.8 Å². The molecule has 0 radical (unpaired) electrons. The van der Waals surface area contributed by atoms with Gasteiger partial charge in [-0.25, -0.2) is 0 Å². The molecule has 6 nitrogen and oxygen atoms in total. The molecular weight excluding hydrogens is 336 g/mol. The van der Waals surface area contributed by atoms with Gasteiger partial charge in [-0.2, -0.15) is 0 Å². The maximum Gasteiger partial charge on any atom is 0.240 e. The van der Waals surface area contributed by atoms with E-state index in [1.807, 2.05) is 54.9 Å². The SMILES string of the molecule is Cc1occc1-c1nnc(SC(C(=O)N(C)C)c2ccccc2)n1C. The summed E-state index contributed by atoms with van der Waals surface area (Å²) in [5, 5.41) is 8.86. The molecular formula is C18H20N4O2S. The van der Waals surface area contributed by atoms with Gasteiger partial charge >= 0.3 is 0 Å². The number of nitrogens with zero attached hydrogens (tertiary/aromatic N) is 4. The Morgan fingerprint density at radius 2 is 1.92 bits per heavy atom. The number of rotatable bonds is 5. The molecule has 3 aromatic rings. The third-order valence-corrected chi connectivity index (χ3v) is 5.20. The molecule has 0 aliphatic carbocycles. The molecule has 0 spiro atoms. The van der Waals surface area contributed by atoms with Crippen molar-refractivity contribution in [3.63, 3.8) is 0 Å². The van der Waals surface area contributed by atoms with Crippen LogP contribution in [0.5, 0.6) is 0 Å². The highest BCUT2D eigenvalue weighted by Gasteiger charge is 2.26. The maximum absolute atomic E-state index is 12.7. The second-order valence-electron chi connectivity index (χ2n) is 5.90. The zero-order chi connectivity index (χ0) is 18.0. The molecule has 3 rings (SSSR count). The first kappa shape index (κ1) is 17.3. The van der Waals surface area contributed by atoms with Crippen molar-refractivity contribution >= 4 is 17.7 Å². The monoisotopic (exact) mass is 356 g/mol. The van der Waals surface area contributed by atoms with Gasteiger partial charge in [-0.3, -0.25) is 4.79 Å². The normalized spacial score (nSPS) is 12.2. The highest BCUT2D eigenvalue weighted by Crippen LogP contribution is 2.36. The standard InChI is InChI=1S/C18H20N4O2S/c1-12-14(10-11-24-12)16-19-20-18(22(16)4)25-15(17(23)21(2)3)13-8-6-5-7-9-13/h5-11,15H,1-4H3. The summed E-state index contributed by atoms with van der Waals surface area (Å²) in [7, 11) is 5.41. The van der Waals surface area contributed by atoms with Gasteiger partial charge in [-0.1, -0.05) is 42.1 Å². The van der Waals surface area contributed by atoms with Gasteiger partial charge in [0.1, 0.15) is 11.0 Å². The largest absolute Gasteiger partial charge is 0.469 e. The molecule has 2 aromatic heterocycles. The summed E-state index contributed by atoms with van der Waals surface area (Å²) in [6.45, 7) is 1.89. The van der Waals surface area contributed by atoms with Crippen LogP contribution in [0.4, 0.5) is 0 Å². The van der Waals surface area contributed by atoms with Crippen LogP contribution in [0.1, 0.15) is 16.6 Å². The number of aryl methyl sites for hydroxylation is 1. The Balaban J connectivity index is 1.94. The predicted octanol–water partition coefficient (Wildman–Crippen LogP) is 3.31. The molecule has 1 atom stereocenters. The molecule has 0 aliphatic heterocycles. The number of benzene rings is 1. The third kappa shape index (κ3) is 3.46. The van der Waals surface area contributed by atoms with Crippen molar-refractivity contribution in [3.8, 4) is 11.4 Å². The number of hydrogen-bond donors (Lipinski definition) is 0. The number of furan rings is 1. The predicted molar refractivity (Wildman–Crippen MR) is 97.2 cm³/mol. The van der Waals surface area contributed by atoms with Gasteiger partial charge in [0.25, 0.3) is 0 Å². The molecule has 1 aromatic carbocycles. The van der Waals surface area contributed by atoms with Crippen molar-refractivity contribution in [2.75, 3.05) is 14.1 Å². The smallest absolute Gasteiger partial charge is 0.240 e. The Bertz CT molecular complexity index is 870. The van der Waals surface area contributed by atoms with Crippen molar-refractivity contribution in [3.05, 3.63) is 54.0 Å². The lowest BCUT2D eigenvalue weighted by molar-refractivity contribution is -0.128. The van der Waals surface area contributed by atoms with E-state index in [4.69, 9.17) is 4.42 Å². The fraction of sp³-hybridized carbons (Fsp3) is 0.278. The van der Waals surface area contributed by atoms with E-state index in [-0.39, 0.29) is 11.2 Å². The first-order chi connectivity index (χ1) is 12.0. The van der Waals surface area contributed by atoms with Crippen LogP contribution in [-0.2, 0) is 11.8 Å². The second-order valence-corrected chi connectivity index (χ2v) is 6.97. The summed E-state index contributed by atoms with van der Waals surface area (Å²) in [6.07, 6.45) is 1.63. The Kier molecular flexibility index (Phi) is 4.94. The van der Waals surface area contributed by atoms with E-state index in [0.29, 0.717) is 5.16 Å². The first-order valence-electron chi connectivity index (χ1n) is 7.85. The molecule has 2 heterocycles. The highest BCUT2D eigenvalue weighted by atomic mass is 32.2. The summed E-state index contributed by atoms with van der Waals surface area (Å²) in [6, 6.07) is 11.6. The van der Waals surface area contributed by atoms with Gasteiger partial charge in [-0.15, -0.1) is 10.2 Å². The Hall–Kier alpha value is -2.54. The zero-order valence-corrected chi connectivity index (χ0v) is 15.4. The van der Waals surface area contributed by atoms with Crippen LogP contribution in [0.25, 0.3) is 11.4 Å². The number of carbonyl (C=O) groups excluding carboxylic acids is 1. The van der Waals surface area contributed by atoms with Gasteiger partial charge in [0, 0.05) is 21.1 Å². The number of amides is 1. The van der Waals surface area contributed by atoms with E-state index in [1.54, 1.807) is 25.3 Å². The molecule has 0 bridgehead atoms. The van der Waals surface area contributed by atoms with Gasteiger partial charge in [0.05, 0.1) is 11.8 Å². The zero-order valence-electron chi connectivity index (χ0n) is 14.6. The fourth-order valence-electron chi connectivity index (χ4n) is 2.50. The van der Waals surface area contributed by atoms with Crippen LogP contribution in [0, 0.1) is 6.92 Å². The van der Waals surface area contributed by atoms with E-state index in [2.05, 4.69) is 10.2 Å². The van der Waals surface area contributed by atoms with E-state index in [0.717, 1.165) is 22.7 Å². The minimum Gasteiger partial charge on any atom is -0.469 e. The maximum atomic E-state index is 12.7. The summed E-state index contributed by atoms with van der Waals surface area (Å²) < 4.78 is 7.24. The van der Waals surface area contributed by atoms with Crippen molar-refractivity contribution < 1.29 is 9.21 Å². The van der Waals surface area contributed by atoms with Crippen molar-refractivity contribution in [2.24, 2.45) is 7.05 Å². The van der Waals surface area contributed by atoms with Crippen LogP contribution in [0.15, 0.2) is 52.2 Å². The van der Waals surface area contributed by atoms with Crippen LogP contribution in [0.3, 0.4) is 0 Å². The fourth-order valence-corrected chi connectivity index (χ4v) is 3.65. The topological polar surface area (TPSA) is 64.2 Å². The molecule has 7 heteroatoms. The first-order valence-corrected chi connectivity index (χ1v) is 8.73. The molecule has 25 heavy (non-hydrogen) atoms. The summed E-state index contributed by atoms with van der Waals surface area (Å²) in [5.74, 6) is 1.52. The molecule has 0 fully saturated rings. The molecule has 0 aliphatic rings. The minimum absolute atomic E-state index is 0.0141. The number of thioether (sulfide) groups is 1. The van der Waals surface area contributed by atoms with E-state index in [9.17, 15) is 4.79 Å². The van der Waals surface area contributed by atoms with Crippen LogP contribution >= 0.6 is 11.8 Å². The quantitative estimate of drug-likeness (QED) is 0.656. The number of hydrogen-bond acceptors (Lipinski definition) is 5. The molecule has 1 amide bonds. The van der Waals surface area contributed by atoms with E-state index >= 15 is 0 Å². The van der Waals surface area contributed by atoms with E-state index < -0.39 is 0 Å². The number of likely N-dealkylation sites (N-methyl/N-ethyl adjacent to an activating group) is 1. The van der Waals surface area contributed by atoms with Gasteiger partial charge in [0.15, 0.2) is 11.0 Å². The van der Waals surface area contributed by atoms with Crippen molar-refractivity contribution in [2.45, 2.75) is 17.3 Å². The van der Waals surface area contributed by atoms with Gasteiger partial charge in [-0.05, 0) is 18.6 Å². The minimum atomic E-state index is -0.377. The van der Waals surface area contributed by atoms with Gasteiger partial charge < -0.3 is 13.9 Å². The lowest BCUT2D eigenvalue weighted by Crippen LogP contribution is -2.26. The molecule has 0 saturated heterocycles. The van der Waals surface area contributed by atoms with Crippen molar-refractivity contribution in [1.29, 1.82) is 0 Å². The highest BCUT2D eigenvalue weighted by molar-refractivity contribution is 8.00. The molecule has 0 N–H and O–H groups in total. The lowest BCUT2D eigenvalue weighted by atomic mass is 10.1. The molecule has 130 valence electrons. The van der Waals surface area contributed by atoms with Crippen LogP contribution in [-0.4, -0.2) is 39.7 Å². The second kappa shape index (κ2) is 7.14. The van der Waals surface area contributed by atoms with Crippen LogP contribution in [0.2, 0.25) is 0 Å². The summed E-state index contributed by atoms with van der Waals surface area (Å²) in [4.78, 5) is 14.3. The molecule has 1 unspecified atom stereocenters. The Morgan fingerprint density at radius 1 is 1.20 bits per heavy atom. The summed E-state index contributed by atoms with van der Waals surface area (Å²) in [5.41, 5.74) is 1.84. The Morgan fingerprint density at radius 3 is 2.52 bits per heavy atom. The summed E-state index contributed by atoms with van der Waals surface area (Å²) >= 11 is 1.40. The average Bonchev–Trinajstić information content (AvgIpc) is 3.18.